The molecular formula is C23H19F2N5O. The summed E-state index contributed by atoms with van der Waals surface area (Å²) in [6.07, 6.45) is 5.19. The van der Waals surface area contributed by atoms with E-state index in [-0.39, 0.29) is 28.7 Å². The van der Waals surface area contributed by atoms with Crippen molar-refractivity contribution < 1.29 is 13.6 Å². The van der Waals surface area contributed by atoms with Gasteiger partial charge in [0.1, 0.15) is 23.5 Å². The summed E-state index contributed by atoms with van der Waals surface area (Å²) >= 11 is 0. The molecule has 0 N–H and O–H groups in total. The smallest absolute Gasteiger partial charge is 0.256 e. The minimum Gasteiger partial charge on any atom is -0.338 e. The summed E-state index contributed by atoms with van der Waals surface area (Å²) < 4.78 is 27.4. The van der Waals surface area contributed by atoms with E-state index in [1.165, 1.54) is 24.7 Å². The Morgan fingerprint density at radius 1 is 1.10 bits per heavy atom. The number of likely N-dealkylation sites (tertiary alicyclic amines) is 1. The van der Waals surface area contributed by atoms with Gasteiger partial charge in [-0.25, -0.2) is 18.7 Å². The molecule has 0 unspecified atom stereocenters. The molecule has 8 heteroatoms. The molecule has 156 valence electrons. The number of aromatic nitrogens is 3. The van der Waals surface area contributed by atoms with E-state index in [0.717, 1.165) is 11.8 Å². The molecule has 0 atom stereocenters. The molecule has 2 aromatic heterocycles. The summed E-state index contributed by atoms with van der Waals surface area (Å²) in [4.78, 5) is 26.6. The lowest BCUT2D eigenvalue weighted by Crippen LogP contribution is -2.43. The van der Waals surface area contributed by atoms with Gasteiger partial charge in [-0.05, 0) is 49.1 Å². The molecule has 0 bridgehead atoms. The standard InChI is InChI=1S/C23H19F2N5O/c24-17-5-3-16(4-6-17)12-23(14-26)7-10-30(11-8-23)22(31)18-2-1-9-28-20(18)21-19(25)13-27-15-29-21/h1-6,9,13,15H,7-8,10-12H2. The maximum atomic E-state index is 14.2. The Morgan fingerprint density at radius 3 is 2.52 bits per heavy atom. The van der Waals surface area contributed by atoms with Crippen LogP contribution in [0.3, 0.4) is 0 Å². The fraction of sp³-hybridized carbons (Fsp3) is 0.261. The van der Waals surface area contributed by atoms with Crippen molar-refractivity contribution in [1.82, 2.24) is 19.9 Å². The lowest BCUT2D eigenvalue weighted by Gasteiger charge is -2.37. The van der Waals surface area contributed by atoms with E-state index in [1.807, 2.05) is 0 Å². The largest absolute Gasteiger partial charge is 0.338 e. The maximum absolute atomic E-state index is 14.2. The number of halogens is 2. The lowest BCUT2D eigenvalue weighted by molar-refractivity contribution is 0.0647. The molecule has 0 saturated carbocycles. The van der Waals surface area contributed by atoms with Crippen LogP contribution in [-0.4, -0.2) is 38.8 Å². The van der Waals surface area contributed by atoms with Crippen molar-refractivity contribution in [3.05, 3.63) is 77.9 Å². The lowest BCUT2D eigenvalue weighted by atomic mass is 9.75. The molecule has 6 nitrogen and oxygen atoms in total. The highest BCUT2D eigenvalue weighted by molar-refractivity contribution is 5.99. The number of rotatable bonds is 4. The number of pyridine rings is 1. The highest BCUT2D eigenvalue weighted by Crippen LogP contribution is 2.35. The number of hydrogen-bond donors (Lipinski definition) is 0. The SMILES string of the molecule is N#CC1(Cc2ccc(F)cc2)CCN(C(=O)c2cccnc2-c2ncncc2F)CC1. The van der Waals surface area contributed by atoms with Crippen molar-refractivity contribution in [2.75, 3.05) is 13.1 Å². The molecule has 1 aliphatic heterocycles. The molecule has 1 fully saturated rings. The van der Waals surface area contributed by atoms with E-state index in [9.17, 15) is 18.8 Å². The molecule has 31 heavy (non-hydrogen) atoms. The first-order chi connectivity index (χ1) is 15.0. The number of hydrogen-bond acceptors (Lipinski definition) is 5. The number of benzene rings is 1. The molecule has 0 radical (unpaired) electrons. The Balaban J connectivity index is 1.52. The van der Waals surface area contributed by atoms with Crippen molar-refractivity contribution in [3.63, 3.8) is 0 Å². The molecule has 0 aliphatic carbocycles. The maximum Gasteiger partial charge on any atom is 0.256 e. The monoisotopic (exact) mass is 419 g/mol. The van der Waals surface area contributed by atoms with Crippen LogP contribution in [0, 0.1) is 28.4 Å². The fourth-order valence-corrected chi connectivity index (χ4v) is 3.88. The highest BCUT2D eigenvalue weighted by atomic mass is 19.1. The summed E-state index contributed by atoms with van der Waals surface area (Å²) in [5.41, 5.74) is 0.652. The number of nitriles is 1. The highest BCUT2D eigenvalue weighted by Gasteiger charge is 2.37. The number of amides is 1. The average molecular weight is 419 g/mol. The Morgan fingerprint density at radius 2 is 1.84 bits per heavy atom. The minimum atomic E-state index is -0.656. The molecule has 0 spiro atoms. The molecule has 1 aliphatic rings. The second kappa shape index (κ2) is 8.56. The van der Waals surface area contributed by atoms with Crippen LogP contribution in [0.25, 0.3) is 11.4 Å². The molecule has 3 aromatic rings. The van der Waals surface area contributed by atoms with E-state index in [4.69, 9.17) is 0 Å². The van der Waals surface area contributed by atoms with E-state index in [2.05, 4.69) is 21.0 Å². The van der Waals surface area contributed by atoms with Gasteiger partial charge in [-0.15, -0.1) is 0 Å². The Bertz CT molecular complexity index is 1140. The zero-order valence-electron chi connectivity index (χ0n) is 16.6. The molecule has 1 aromatic carbocycles. The summed E-state index contributed by atoms with van der Waals surface area (Å²) in [7, 11) is 0. The number of carbonyl (C=O) groups excluding carboxylic acids is 1. The van der Waals surface area contributed by atoms with Crippen LogP contribution in [-0.2, 0) is 6.42 Å². The normalized spacial score (nSPS) is 15.3. The van der Waals surface area contributed by atoms with E-state index >= 15 is 0 Å². The predicted molar refractivity (Wildman–Crippen MR) is 109 cm³/mol. The van der Waals surface area contributed by atoms with Gasteiger partial charge in [-0.3, -0.25) is 9.78 Å². The minimum absolute atomic E-state index is 0.0290. The molecule has 4 rings (SSSR count). The van der Waals surface area contributed by atoms with Crippen molar-refractivity contribution in [2.24, 2.45) is 5.41 Å². The van der Waals surface area contributed by atoms with Gasteiger partial charge in [0, 0.05) is 19.3 Å². The van der Waals surface area contributed by atoms with E-state index in [1.54, 1.807) is 29.2 Å². The van der Waals surface area contributed by atoms with Crippen molar-refractivity contribution in [3.8, 4) is 17.5 Å². The van der Waals surface area contributed by atoms with Crippen LogP contribution in [0.5, 0.6) is 0 Å². The molecule has 1 saturated heterocycles. The zero-order chi connectivity index (χ0) is 21.8. The summed E-state index contributed by atoms with van der Waals surface area (Å²) in [6, 6.07) is 11.8. The predicted octanol–water partition coefficient (Wildman–Crippen LogP) is 3.81. The van der Waals surface area contributed by atoms with Gasteiger partial charge in [0.15, 0.2) is 5.82 Å². The third-order valence-corrected chi connectivity index (χ3v) is 5.63. The van der Waals surface area contributed by atoms with E-state index in [0.29, 0.717) is 32.4 Å². The number of piperidine rings is 1. The summed E-state index contributed by atoms with van der Waals surface area (Å²) in [5, 5.41) is 9.83. The fourth-order valence-electron chi connectivity index (χ4n) is 3.88. The van der Waals surface area contributed by atoms with Crippen LogP contribution in [0.2, 0.25) is 0 Å². The Hall–Kier alpha value is -3.73. The second-order valence-corrected chi connectivity index (χ2v) is 7.61. The van der Waals surface area contributed by atoms with Gasteiger partial charge < -0.3 is 4.90 Å². The van der Waals surface area contributed by atoms with Gasteiger partial charge in [0.2, 0.25) is 0 Å². The van der Waals surface area contributed by atoms with Gasteiger partial charge in [-0.2, -0.15) is 5.26 Å². The first-order valence-electron chi connectivity index (χ1n) is 9.87. The van der Waals surface area contributed by atoms with Gasteiger partial charge in [0.05, 0.1) is 23.2 Å². The first-order valence-corrected chi connectivity index (χ1v) is 9.87. The van der Waals surface area contributed by atoms with E-state index < -0.39 is 11.2 Å². The first kappa shape index (κ1) is 20.5. The van der Waals surface area contributed by atoms with Gasteiger partial charge in [0.25, 0.3) is 5.91 Å². The number of nitrogens with zero attached hydrogens (tertiary/aromatic N) is 5. The third kappa shape index (κ3) is 4.26. The topological polar surface area (TPSA) is 82.8 Å². The Labute approximate surface area is 178 Å². The van der Waals surface area contributed by atoms with Crippen molar-refractivity contribution in [2.45, 2.75) is 19.3 Å². The van der Waals surface area contributed by atoms with Crippen LogP contribution >= 0.6 is 0 Å². The van der Waals surface area contributed by atoms with Crippen LogP contribution in [0.15, 0.2) is 55.1 Å². The van der Waals surface area contributed by atoms with Gasteiger partial charge >= 0.3 is 0 Å². The quantitative estimate of drug-likeness (QED) is 0.642. The van der Waals surface area contributed by atoms with Crippen LogP contribution < -0.4 is 0 Å². The average Bonchev–Trinajstić information content (AvgIpc) is 2.81. The molecular weight excluding hydrogens is 400 g/mol. The van der Waals surface area contributed by atoms with Crippen LogP contribution in [0.1, 0.15) is 28.8 Å². The zero-order valence-corrected chi connectivity index (χ0v) is 16.6. The van der Waals surface area contributed by atoms with Crippen molar-refractivity contribution in [1.29, 1.82) is 5.26 Å². The molecule has 3 heterocycles. The summed E-state index contributed by atoms with van der Waals surface area (Å²) in [5.74, 6) is -1.26. The second-order valence-electron chi connectivity index (χ2n) is 7.61. The summed E-state index contributed by atoms with van der Waals surface area (Å²) in [6.45, 7) is 0.766. The van der Waals surface area contributed by atoms with Crippen LogP contribution in [0.4, 0.5) is 8.78 Å². The van der Waals surface area contributed by atoms with Gasteiger partial charge in [-0.1, -0.05) is 12.1 Å². The van der Waals surface area contributed by atoms with Crippen molar-refractivity contribution >= 4 is 5.91 Å². The number of carbonyl (C=O) groups is 1. The molecule has 1 amide bonds. The Kier molecular flexibility index (Phi) is 5.67. The third-order valence-electron chi connectivity index (χ3n) is 5.63.